The van der Waals surface area contributed by atoms with Crippen LogP contribution in [0.15, 0.2) is 53.6 Å². The molecule has 0 unspecified atom stereocenters. The van der Waals surface area contributed by atoms with Gasteiger partial charge in [-0.25, -0.2) is 5.43 Å². The van der Waals surface area contributed by atoms with E-state index in [-0.39, 0.29) is 18.2 Å². The second-order valence-corrected chi connectivity index (χ2v) is 6.50. The third kappa shape index (κ3) is 4.65. The fourth-order valence-electron chi connectivity index (χ4n) is 2.86. The van der Waals surface area contributed by atoms with E-state index in [4.69, 9.17) is 16.3 Å². The summed E-state index contributed by atoms with van der Waals surface area (Å²) in [5.74, 6) is -0.0851. The molecule has 1 heterocycles. The van der Waals surface area contributed by atoms with Gasteiger partial charge in [-0.2, -0.15) is 5.10 Å². The van der Waals surface area contributed by atoms with E-state index in [1.807, 2.05) is 43.3 Å². The van der Waals surface area contributed by atoms with Crippen molar-refractivity contribution in [3.05, 3.63) is 59.1 Å². The van der Waals surface area contributed by atoms with Crippen LogP contribution in [0.25, 0.3) is 0 Å². The number of carbonyl (C=O) groups is 2. The zero-order valence-corrected chi connectivity index (χ0v) is 15.6. The first-order chi connectivity index (χ1) is 13.1. The molecule has 0 spiro atoms. The number of amides is 2. The van der Waals surface area contributed by atoms with Crippen LogP contribution >= 0.6 is 11.6 Å². The molecule has 0 radical (unpaired) electrons. The summed E-state index contributed by atoms with van der Waals surface area (Å²) in [6.45, 7) is 2.81. The smallest absolute Gasteiger partial charge is 0.245 e. The van der Waals surface area contributed by atoms with Gasteiger partial charge in [0.15, 0.2) is 0 Å². The second-order valence-electron chi connectivity index (χ2n) is 6.09. The number of nitrogens with zero attached hydrogens (tertiary/aromatic N) is 2. The largest absolute Gasteiger partial charge is 0.494 e. The van der Waals surface area contributed by atoms with Crippen molar-refractivity contribution in [1.29, 1.82) is 0 Å². The quantitative estimate of drug-likeness (QED) is 0.613. The molecule has 1 atom stereocenters. The van der Waals surface area contributed by atoms with Gasteiger partial charge in [-0.15, -0.1) is 0 Å². The summed E-state index contributed by atoms with van der Waals surface area (Å²) in [7, 11) is 0. The molecule has 2 aromatic carbocycles. The topological polar surface area (TPSA) is 71.0 Å². The zero-order valence-electron chi connectivity index (χ0n) is 14.9. The maximum atomic E-state index is 12.3. The number of nitrogens with one attached hydrogen (secondary N) is 1. The van der Waals surface area contributed by atoms with E-state index in [2.05, 4.69) is 10.5 Å². The van der Waals surface area contributed by atoms with Crippen molar-refractivity contribution in [3.63, 3.8) is 0 Å². The van der Waals surface area contributed by atoms with Crippen molar-refractivity contribution in [2.24, 2.45) is 11.0 Å². The molecule has 1 fully saturated rings. The predicted octanol–water partition coefficient (Wildman–Crippen LogP) is 3.24. The van der Waals surface area contributed by atoms with Crippen molar-refractivity contribution >= 4 is 35.3 Å². The Bertz CT molecular complexity index is 852. The maximum absolute atomic E-state index is 12.3. The average Bonchev–Trinajstić information content (AvgIpc) is 3.06. The van der Waals surface area contributed by atoms with Crippen LogP contribution in [0.3, 0.4) is 0 Å². The molecule has 7 heteroatoms. The van der Waals surface area contributed by atoms with E-state index in [1.165, 1.54) is 6.21 Å². The van der Waals surface area contributed by atoms with E-state index in [1.54, 1.807) is 17.0 Å². The normalized spacial score (nSPS) is 16.7. The number of hydrogen-bond acceptors (Lipinski definition) is 4. The third-order valence-electron chi connectivity index (χ3n) is 4.24. The van der Waals surface area contributed by atoms with Crippen molar-refractivity contribution in [2.45, 2.75) is 13.3 Å². The summed E-state index contributed by atoms with van der Waals surface area (Å²) in [6, 6.07) is 14.5. The summed E-state index contributed by atoms with van der Waals surface area (Å²) in [6.07, 6.45) is 1.64. The number of anilines is 1. The van der Waals surface area contributed by atoms with E-state index < -0.39 is 5.92 Å². The van der Waals surface area contributed by atoms with E-state index in [0.29, 0.717) is 23.7 Å². The molecule has 1 saturated heterocycles. The van der Waals surface area contributed by atoms with Gasteiger partial charge in [-0.1, -0.05) is 29.8 Å². The summed E-state index contributed by atoms with van der Waals surface area (Å²) < 4.78 is 5.41. The molecule has 27 heavy (non-hydrogen) atoms. The highest BCUT2D eigenvalue weighted by atomic mass is 35.5. The summed E-state index contributed by atoms with van der Waals surface area (Å²) >= 11 is 6.04. The van der Waals surface area contributed by atoms with E-state index >= 15 is 0 Å². The number of halogens is 1. The number of carbonyl (C=O) groups excluding carboxylic acids is 2. The fourth-order valence-corrected chi connectivity index (χ4v) is 3.04. The molecule has 0 bridgehead atoms. The Labute approximate surface area is 162 Å². The first kappa shape index (κ1) is 18.9. The lowest BCUT2D eigenvalue weighted by atomic mass is 10.1. The lowest BCUT2D eigenvalue weighted by Crippen LogP contribution is -2.30. The van der Waals surface area contributed by atoms with Gasteiger partial charge >= 0.3 is 0 Å². The molecule has 2 amide bonds. The first-order valence-corrected chi connectivity index (χ1v) is 9.07. The zero-order chi connectivity index (χ0) is 19.2. The van der Waals surface area contributed by atoms with Crippen LogP contribution in [0, 0.1) is 5.92 Å². The lowest BCUT2D eigenvalue weighted by Gasteiger charge is -2.17. The van der Waals surface area contributed by atoms with Crippen molar-refractivity contribution in [1.82, 2.24) is 5.43 Å². The molecule has 1 aliphatic rings. The monoisotopic (exact) mass is 385 g/mol. The van der Waals surface area contributed by atoms with Crippen molar-refractivity contribution < 1.29 is 14.3 Å². The molecular weight excluding hydrogens is 366 g/mol. The Morgan fingerprint density at radius 3 is 2.74 bits per heavy atom. The van der Waals surface area contributed by atoms with Gasteiger partial charge in [0.2, 0.25) is 11.8 Å². The maximum Gasteiger partial charge on any atom is 0.245 e. The van der Waals surface area contributed by atoms with Gasteiger partial charge in [0.25, 0.3) is 0 Å². The van der Waals surface area contributed by atoms with Crippen LogP contribution in [0.1, 0.15) is 18.9 Å². The van der Waals surface area contributed by atoms with Crippen LogP contribution in [0.2, 0.25) is 5.02 Å². The minimum absolute atomic E-state index is 0.0885. The van der Waals surface area contributed by atoms with E-state index in [9.17, 15) is 9.59 Å². The SMILES string of the molecule is CCOc1ccc(N2C[C@@H](C(=O)N/N=C\c3ccccc3Cl)CC2=O)cc1. The molecule has 3 rings (SSSR count). The number of hydrazone groups is 1. The van der Waals surface area contributed by atoms with Crippen LogP contribution in [-0.2, 0) is 9.59 Å². The first-order valence-electron chi connectivity index (χ1n) is 8.69. The van der Waals surface area contributed by atoms with Crippen molar-refractivity contribution in [3.8, 4) is 5.75 Å². The Morgan fingerprint density at radius 1 is 1.30 bits per heavy atom. The number of rotatable bonds is 6. The Kier molecular flexibility index (Phi) is 6.08. The van der Waals surface area contributed by atoms with Gasteiger partial charge < -0.3 is 9.64 Å². The second kappa shape index (κ2) is 8.68. The molecule has 1 aliphatic heterocycles. The molecule has 0 aliphatic carbocycles. The third-order valence-corrected chi connectivity index (χ3v) is 4.58. The Morgan fingerprint density at radius 2 is 2.04 bits per heavy atom. The number of hydrogen-bond donors (Lipinski definition) is 1. The Hall–Kier alpha value is -2.86. The van der Waals surface area contributed by atoms with Gasteiger partial charge in [0.05, 0.1) is 18.7 Å². The summed E-state index contributed by atoms with van der Waals surface area (Å²) in [5, 5.41) is 4.50. The highest BCUT2D eigenvalue weighted by molar-refractivity contribution is 6.33. The molecule has 2 aromatic rings. The standard InChI is InChI=1S/C20H20ClN3O3/c1-2-27-17-9-7-16(8-10-17)24-13-15(11-19(24)25)20(26)23-22-12-14-5-3-4-6-18(14)21/h3-10,12,15H,2,11,13H2,1H3,(H,23,26)/b22-12-/t15-/m0/s1. The summed E-state index contributed by atoms with van der Waals surface area (Å²) in [5.41, 5.74) is 3.95. The van der Waals surface area contributed by atoms with Crippen LogP contribution in [0.5, 0.6) is 5.75 Å². The lowest BCUT2D eigenvalue weighted by molar-refractivity contribution is -0.126. The van der Waals surface area contributed by atoms with Crippen LogP contribution in [0.4, 0.5) is 5.69 Å². The minimum atomic E-state index is -0.451. The van der Waals surface area contributed by atoms with Crippen LogP contribution in [-0.4, -0.2) is 31.2 Å². The van der Waals surface area contributed by atoms with Gasteiger partial charge in [-0.3, -0.25) is 9.59 Å². The minimum Gasteiger partial charge on any atom is -0.494 e. The number of benzene rings is 2. The average molecular weight is 386 g/mol. The van der Waals surface area contributed by atoms with Crippen LogP contribution < -0.4 is 15.1 Å². The molecular formula is C20H20ClN3O3. The summed E-state index contributed by atoms with van der Waals surface area (Å²) in [4.78, 5) is 26.2. The fraction of sp³-hybridized carbons (Fsp3) is 0.250. The molecule has 1 N–H and O–H groups in total. The van der Waals surface area contributed by atoms with Gasteiger partial charge in [-0.05, 0) is 37.3 Å². The number of ether oxygens (including phenoxy) is 1. The van der Waals surface area contributed by atoms with E-state index in [0.717, 1.165) is 11.4 Å². The van der Waals surface area contributed by atoms with Gasteiger partial charge in [0.1, 0.15) is 5.75 Å². The molecule has 140 valence electrons. The predicted molar refractivity (Wildman–Crippen MR) is 105 cm³/mol. The van der Waals surface area contributed by atoms with Gasteiger partial charge in [0, 0.05) is 29.2 Å². The molecule has 6 nitrogen and oxygen atoms in total. The highest BCUT2D eigenvalue weighted by Gasteiger charge is 2.35. The highest BCUT2D eigenvalue weighted by Crippen LogP contribution is 2.27. The molecule has 0 saturated carbocycles. The molecule has 0 aromatic heterocycles. The Balaban J connectivity index is 1.59. The van der Waals surface area contributed by atoms with Crippen molar-refractivity contribution in [2.75, 3.05) is 18.1 Å².